The Hall–Kier alpha value is -1.80. The Bertz CT molecular complexity index is 644. The molecule has 1 saturated heterocycles. The summed E-state index contributed by atoms with van der Waals surface area (Å²) in [7, 11) is 0. The fraction of sp³-hybridized carbons (Fsp3) is 0.438. The molecule has 3 rings (SSSR count). The van der Waals surface area contributed by atoms with E-state index in [1.54, 1.807) is 6.33 Å². The molecule has 0 spiro atoms. The summed E-state index contributed by atoms with van der Waals surface area (Å²) in [5, 5.41) is 8.13. The van der Waals surface area contributed by atoms with Crippen LogP contribution in [-0.4, -0.2) is 53.6 Å². The molecule has 0 aromatic carbocycles. The molecule has 1 fully saturated rings. The van der Waals surface area contributed by atoms with Crippen molar-refractivity contribution in [2.45, 2.75) is 6.42 Å². The van der Waals surface area contributed by atoms with E-state index in [2.05, 4.69) is 25.5 Å². The largest absolute Gasteiger partial charge is 0.370 e. The minimum atomic E-state index is -0.00251. The zero-order valence-corrected chi connectivity index (χ0v) is 15.0. The molecule has 2 aromatic heterocycles. The van der Waals surface area contributed by atoms with E-state index in [1.807, 2.05) is 35.3 Å². The van der Waals surface area contributed by atoms with Crippen LogP contribution in [0.3, 0.4) is 0 Å². The van der Waals surface area contributed by atoms with Crippen LogP contribution < -0.4 is 15.5 Å². The Labute approximate surface area is 150 Å². The van der Waals surface area contributed by atoms with Crippen molar-refractivity contribution in [2.24, 2.45) is 0 Å². The van der Waals surface area contributed by atoms with Crippen LogP contribution in [0.15, 0.2) is 29.9 Å². The molecule has 0 radical (unpaired) electrons. The van der Waals surface area contributed by atoms with Gasteiger partial charge in [-0.1, -0.05) is 6.07 Å². The highest BCUT2D eigenvalue weighted by Crippen LogP contribution is 2.18. The van der Waals surface area contributed by atoms with Crippen LogP contribution in [0.2, 0.25) is 0 Å². The maximum atomic E-state index is 11.8. The number of amides is 1. The van der Waals surface area contributed by atoms with Gasteiger partial charge in [0.15, 0.2) is 0 Å². The number of nitrogens with zero attached hydrogens (tertiary/aromatic N) is 3. The average molecular weight is 364 g/mol. The lowest BCUT2D eigenvalue weighted by atomic mass is 10.3. The Morgan fingerprint density at radius 1 is 1.25 bits per heavy atom. The second-order valence-electron chi connectivity index (χ2n) is 5.37. The predicted octanol–water partition coefficient (Wildman–Crippen LogP) is 2.32. The first-order valence-electron chi connectivity index (χ1n) is 8.03. The van der Waals surface area contributed by atoms with Crippen LogP contribution in [-0.2, 0) is 0 Å². The predicted molar refractivity (Wildman–Crippen MR) is 101 cm³/mol. The first-order valence-corrected chi connectivity index (χ1v) is 10.1. The highest BCUT2D eigenvalue weighted by molar-refractivity contribution is 7.99. The highest BCUT2D eigenvalue weighted by atomic mass is 32.2. The maximum Gasteiger partial charge on any atom is 0.261 e. The molecule has 0 saturated carbocycles. The van der Waals surface area contributed by atoms with E-state index >= 15 is 0 Å². The first-order chi connectivity index (χ1) is 11.8. The van der Waals surface area contributed by atoms with Crippen molar-refractivity contribution in [3.63, 3.8) is 0 Å². The molecule has 6 nitrogen and oxygen atoms in total. The van der Waals surface area contributed by atoms with Crippen molar-refractivity contribution in [3.05, 3.63) is 34.8 Å². The number of thiophene rings is 1. The fourth-order valence-electron chi connectivity index (χ4n) is 2.41. The Balaban J connectivity index is 1.39. The zero-order chi connectivity index (χ0) is 16.6. The molecule has 2 N–H and O–H groups in total. The lowest BCUT2D eigenvalue weighted by Gasteiger charge is -2.27. The summed E-state index contributed by atoms with van der Waals surface area (Å²) in [6.45, 7) is 3.48. The third-order valence-electron chi connectivity index (χ3n) is 3.68. The second kappa shape index (κ2) is 8.89. The van der Waals surface area contributed by atoms with E-state index in [1.165, 1.54) is 11.3 Å². The molecule has 24 heavy (non-hydrogen) atoms. The number of anilines is 2. The zero-order valence-electron chi connectivity index (χ0n) is 13.4. The molecule has 1 amide bonds. The van der Waals surface area contributed by atoms with E-state index in [9.17, 15) is 4.79 Å². The van der Waals surface area contributed by atoms with E-state index in [0.717, 1.165) is 54.1 Å². The summed E-state index contributed by atoms with van der Waals surface area (Å²) in [6.07, 6.45) is 2.45. The van der Waals surface area contributed by atoms with E-state index in [4.69, 9.17) is 0 Å². The third-order valence-corrected chi connectivity index (χ3v) is 5.49. The van der Waals surface area contributed by atoms with Gasteiger partial charge in [0.05, 0.1) is 4.88 Å². The van der Waals surface area contributed by atoms with Crippen molar-refractivity contribution in [2.75, 3.05) is 47.9 Å². The summed E-state index contributed by atoms with van der Waals surface area (Å²) < 4.78 is 0. The molecule has 1 aliphatic heterocycles. The van der Waals surface area contributed by atoms with Crippen molar-refractivity contribution in [1.29, 1.82) is 0 Å². The molecular weight excluding hydrogens is 342 g/mol. The van der Waals surface area contributed by atoms with Gasteiger partial charge in [-0.05, 0) is 17.9 Å². The second-order valence-corrected chi connectivity index (χ2v) is 7.55. The van der Waals surface area contributed by atoms with Gasteiger partial charge in [-0.2, -0.15) is 11.8 Å². The number of carbonyl (C=O) groups is 1. The van der Waals surface area contributed by atoms with Crippen LogP contribution in [0.4, 0.5) is 11.6 Å². The SMILES string of the molecule is O=C(NCCCNc1cc(N2CCSCC2)ncn1)c1cccs1. The fourth-order valence-corrected chi connectivity index (χ4v) is 3.95. The van der Waals surface area contributed by atoms with E-state index < -0.39 is 0 Å². The molecule has 0 bridgehead atoms. The normalized spacial score (nSPS) is 14.4. The minimum absolute atomic E-state index is 0.00251. The van der Waals surface area contributed by atoms with E-state index in [-0.39, 0.29) is 5.91 Å². The molecule has 0 unspecified atom stereocenters. The van der Waals surface area contributed by atoms with Crippen LogP contribution >= 0.6 is 23.1 Å². The Kier molecular flexibility index (Phi) is 6.31. The van der Waals surface area contributed by atoms with E-state index in [0.29, 0.717) is 6.54 Å². The average Bonchev–Trinajstić information content (AvgIpc) is 3.17. The van der Waals surface area contributed by atoms with Gasteiger partial charge in [0.2, 0.25) is 0 Å². The molecule has 0 atom stereocenters. The standard InChI is InChI=1S/C16H21N5OS2/c22-16(13-3-1-8-24-13)18-5-2-4-17-14-11-15(20-12-19-14)21-6-9-23-10-7-21/h1,3,8,11-12H,2,4-7,9-10H2,(H,18,22)(H,17,19,20). The monoisotopic (exact) mass is 363 g/mol. The minimum Gasteiger partial charge on any atom is -0.370 e. The molecule has 3 heterocycles. The van der Waals surface area contributed by atoms with Crippen LogP contribution in [0.1, 0.15) is 16.1 Å². The maximum absolute atomic E-state index is 11.8. The molecule has 8 heteroatoms. The lowest BCUT2D eigenvalue weighted by Crippen LogP contribution is -2.33. The summed E-state index contributed by atoms with van der Waals surface area (Å²) in [5.41, 5.74) is 0. The number of carbonyl (C=O) groups excluding carboxylic acids is 1. The third kappa shape index (κ3) is 4.85. The molecule has 1 aliphatic rings. The quantitative estimate of drug-likeness (QED) is 0.736. The number of rotatable bonds is 7. The van der Waals surface area contributed by atoms with Crippen molar-refractivity contribution in [1.82, 2.24) is 15.3 Å². The number of hydrogen-bond donors (Lipinski definition) is 2. The van der Waals surface area contributed by atoms with Gasteiger partial charge in [0.25, 0.3) is 5.91 Å². The number of thioether (sulfide) groups is 1. The Morgan fingerprint density at radius 2 is 2.12 bits per heavy atom. The lowest BCUT2D eigenvalue weighted by molar-refractivity contribution is 0.0957. The van der Waals surface area contributed by atoms with Crippen LogP contribution in [0.25, 0.3) is 0 Å². The molecule has 0 aliphatic carbocycles. The number of hydrogen-bond acceptors (Lipinski definition) is 7. The Morgan fingerprint density at radius 3 is 2.92 bits per heavy atom. The van der Waals surface area contributed by atoms with Crippen LogP contribution in [0.5, 0.6) is 0 Å². The molecular formula is C16H21N5OS2. The van der Waals surface area contributed by atoms with Gasteiger partial charge in [0.1, 0.15) is 18.0 Å². The smallest absolute Gasteiger partial charge is 0.261 e. The van der Waals surface area contributed by atoms with Crippen molar-refractivity contribution < 1.29 is 4.79 Å². The molecule has 128 valence electrons. The van der Waals surface area contributed by atoms with Gasteiger partial charge in [-0.15, -0.1) is 11.3 Å². The summed E-state index contributed by atoms with van der Waals surface area (Å²) in [4.78, 5) is 23.5. The summed E-state index contributed by atoms with van der Waals surface area (Å²) in [6, 6.07) is 5.72. The van der Waals surface area contributed by atoms with Gasteiger partial charge in [-0.25, -0.2) is 9.97 Å². The number of nitrogens with one attached hydrogen (secondary N) is 2. The van der Waals surface area contributed by atoms with Gasteiger partial charge in [-0.3, -0.25) is 4.79 Å². The number of aromatic nitrogens is 2. The highest BCUT2D eigenvalue weighted by Gasteiger charge is 2.12. The van der Waals surface area contributed by atoms with Crippen molar-refractivity contribution in [3.8, 4) is 0 Å². The topological polar surface area (TPSA) is 70.2 Å². The van der Waals surface area contributed by atoms with Gasteiger partial charge in [0, 0.05) is 43.8 Å². The summed E-state index contributed by atoms with van der Waals surface area (Å²) in [5.74, 6) is 4.12. The van der Waals surface area contributed by atoms with Gasteiger partial charge >= 0.3 is 0 Å². The van der Waals surface area contributed by atoms with Gasteiger partial charge < -0.3 is 15.5 Å². The summed E-state index contributed by atoms with van der Waals surface area (Å²) >= 11 is 3.44. The molecule has 2 aromatic rings. The first kappa shape index (κ1) is 17.0. The van der Waals surface area contributed by atoms with Crippen molar-refractivity contribution >= 4 is 40.6 Å². The van der Waals surface area contributed by atoms with Crippen LogP contribution in [0, 0.1) is 0 Å².